The van der Waals surface area contributed by atoms with Crippen LogP contribution in [0.2, 0.25) is 0 Å². The molecule has 1 aromatic rings. The maximum absolute atomic E-state index is 11.5. The lowest BCUT2D eigenvalue weighted by atomic mass is 10.1. The van der Waals surface area contributed by atoms with Crippen LogP contribution in [0.1, 0.15) is 17.3 Å². The van der Waals surface area contributed by atoms with Crippen LogP contribution in [0.3, 0.4) is 0 Å². The molecule has 0 aliphatic carbocycles. The second-order valence-electron chi connectivity index (χ2n) is 3.71. The van der Waals surface area contributed by atoms with E-state index < -0.39 is 32.6 Å². The summed E-state index contributed by atoms with van der Waals surface area (Å²) < 4.78 is 10.2. The van der Waals surface area contributed by atoms with Crippen LogP contribution < -0.4 is 9.47 Å². The van der Waals surface area contributed by atoms with Gasteiger partial charge in [0.05, 0.1) is 15.9 Å². The Bertz CT molecular complexity index is 596. The summed E-state index contributed by atoms with van der Waals surface area (Å²) in [6, 6.07) is 0.970. The molecule has 0 aromatic heterocycles. The summed E-state index contributed by atoms with van der Waals surface area (Å²) in [7, 11) is 0. The molecule has 9 nitrogen and oxygen atoms in total. The van der Waals surface area contributed by atoms with E-state index >= 15 is 0 Å². The van der Waals surface area contributed by atoms with Crippen molar-refractivity contribution in [1.82, 2.24) is 0 Å². The van der Waals surface area contributed by atoms with Crippen LogP contribution in [0, 0.1) is 20.2 Å². The van der Waals surface area contributed by atoms with Crippen LogP contribution in [0.4, 0.5) is 11.4 Å². The van der Waals surface area contributed by atoms with Gasteiger partial charge in [0.25, 0.3) is 5.69 Å². The normalized spacial score (nSPS) is 12.9. The SMILES string of the molecule is CC(=O)c1c([N+](=O)[O-])cc2c(c1[N+](=O)[O-])OCCO2. The van der Waals surface area contributed by atoms with E-state index in [1.807, 2.05) is 0 Å². The zero-order valence-corrected chi connectivity index (χ0v) is 9.74. The van der Waals surface area contributed by atoms with Gasteiger partial charge in [0.1, 0.15) is 13.2 Å². The molecule has 100 valence electrons. The summed E-state index contributed by atoms with van der Waals surface area (Å²) in [5, 5.41) is 22.0. The third-order valence-electron chi connectivity index (χ3n) is 2.52. The Kier molecular flexibility index (Phi) is 3.03. The van der Waals surface area contributed by atoms with Crippen molar-refractivity contribution in [2.75, 3.05) is 13.2 Å². The molecule has 0 fully saturated rings. The zero-order chi connectivity index (χ0) is 14.2. The number of carbonyl (C=O) groups is 1. The van der Waals surface area contributed by atoms with Crippen molar-refractivity contribution in [3.05, 3.63) is 31.9 Å². The lowest BCUT2D eigenvalue weighted by molar-refractivity contribution is -0.395. The maximum atomic E-state index is 11.5. The van der Waals surface area contributed by atoms with Crippen molar-refractivity contribution in [1.29, 1.82) is 0 Å². The standard InChI is InChI=1S/C10H8N2O7/c1-5(13)8-6(11(14)15)4-7-10(9(8)12(16)17)19-3-2-18-7/h4H,2-3H2,1H3. The highest BCUT2D eigenvalue weighted by Crippen LogP contribution is 2.46. The number of carbonyl (C=O) groups excluding carboxylic acids is 1. The topological polar surface area (TPSA) is 122 Å². The molecule has 0 saturated heterocycles. The van der Waals surface area contributed by atoms with Gasteiger partial charge in [0.15, 0.2) is 17.1 Å². The minimum atomic E-state index is -0.878. The predicted molar refractivity (Wildman–Crippen MR) is 60.7 cm³/mol. The molecule has 1 heterocycles. The predicted octanol–water partition coefficient (Wildman–Crippen LogP) is 1.48. The van der Waals surface area contributed by atoms with E-state index in [1.165, 1.54) is 0 Å². The smallest absolute Gasteiger partial charge is 0.332 e. The van der Waals surface area contributed by atoms with Gasteiger partial charge in [-0.15, -0.1) is 0 Å². The van der Waals surface area contributed by atoms with Gasteiger partial charge in [-0.2, -0.15) is 0 Å². The highest BCUT2D eigenvalue weighted by Gasteiger charge is 2.37. The first-order chi connectivity index (χ1) is 8.93. The van der Waals surface area contributed by atoms with E-state index in [1.54, 1.807) is 0 Å². The molecule has 19 heavy (non-hydrogen) atoms. The lowest BCUT2D eigenvalue weighted by Gasteiger charge is -2.18. The molecule has 2 rings (SSSR count). The number of ketones is 1. The highest BCUT2D eigenvalue weighted by atomic mass is 16.6. The van der Waals surface area contributed by atoms with Gasteiger partial charge in [-0.05, 0) is 6.92 Å². The summed E-state index contributed by atoms with van der Waals surface area (Å²) in [5.74, 6) is -1.13. The highest BCUT2D eigenvalue weighted by molar-refractivity contribution is 6.03. The summed E-state index contributed by atoms with van der Waals surface area (Å²) in [6.07, 6.45) is 0. The Morgan fingerprint density at radius 1 is 1.21 bits per heavy atom. The number of ether oxygens (including phenoxy) is 2. The van der Waals surface area contributed by atoms with Crippen LogP contribution in [-0.4, -0.2) is 28.8 Å². The van der Waals surface area contributed by atoms with Crippen LogP contribution in [0.15, 0.2) is 6.07 Å². The monoisotopic (exact) mass is 268 g/mol. The second kappa shape index (κ2) is 4.52. The van der Waals surface area contributed by atoms with Crippen molar-refractivity contribution in [2.24, 2.45) is 0 Å². The van der Waals surface area contributed by atoms with Crippen LogP contribution >= 0.6 is 0 Å². The molecule has 1 aliphatic heterocycles. The number of nitro groups is 2. The number of rotatable bonds is 3. The van der Waals surface area contributed by atoms with Gasteiger partial charge in [-0.3, -0.25) is 25.0 Å². The van der Waals surface area contributed by atoms with Crippen molar-refractivity contribution in [3.63, 3.8) is 0 Å². The number of benzene rings is 1. The quantitative estimate of drug-likeness (QED) is 0.462. The summed E-state index contributed by atoms with van der Waals surface area (Å²) in [5.41, 5.74) is -1.97. The van der Waals surface area contributed by atoms with Crippen molar-refractivity contribution in [2.45, 2.75) is 6.92 Å². The lowest BCUT2D eigenvalue weighted by Crippen LogP contribution is -2.18. The van der Waals surface area contributed by atoms with Crippen LogP contribution in [0.25, 0.3) is 0 Å². The molecule has 0 radical (unpaired) electrons. The average molecular weight is 268 g/mol. The molecule has 0 unspecified atom stereocenters. The first-order valence-corrected chi connectivity index (χ1v) is 5.19. The largest absolute Gasteiger partial charge is 0.486 e. The zero-order valence-electron chi connectivity index (χ0n) is 9.74. The maximum Gasteiger partial charge on any atom is 0.332 e. The fourth-order valence-electron chi connectivity index (χ4n) is 1.82. The first-order valence-electron chi connectivity index (χ1n) is 5.19. The molecule has 1 aromatic carbocycles. The van der Waals surface area contributed by atoms with Gasteiger partial charge < -0.3 is 9.47 Å². The van der Waals surface area contributed by atoms with Crippen molar-refractivity contribution < 1.29 is 24.1 Å². The third kappa shape index (κ3) is 2.05. The third-order valence-corrected chi connectivity index (χ3v) is 2.52. The molecule has 0 amide bonds. The fraction of sp³-hybridized carbons (Fsp3) is 0.300. The van der Waals surface area contributed by atoms with Gasteiger partial charge in [0, 0.05) is 0 Å². The molecule has 1 aliphatic rings. The number of nitrogens with zero attached hydrogens (tertiary/aromatic N) is 2. The number of Topliss-reactive ketones (excluding diaryl/α,β-unsaturated/α-hetero) is 1. The van der Waals surface area contributed by atoms with Crippen LogP contribution in [-0.2, 0) is 0 Å². The Labute approximate surface area is 106 Å². The van der Waals surface area contributed by atoms with Crippen LogP contribution in [0.5, 0.6) is 11.5 Å². The molecule has 0 saturated carbocycles. The van der Waals surface area contributed by atoms with Gasteiger partial charge in [-0.25, -0.2) is 0 Å². The molecule has 0 bridgehead atoms. The number of hydrogen-bond donors (Lipinski definition) is 0. The number of hydrogen-bond acceptors (Lipinski definition) is 7. The van der Waals surface area contributed by atoms with Gasteiger partial charge >= 0.3 is 5.69 Å². The molecule has 9 heteroatoms. The minimum Gasteiger partial charge on any atom is -0.486 e. The molecular weight excluding hydrogens is 260 g/mol. The average Bonchev–Trinajstić information content (AvgIpc) is 2.35. The fourth-order valence-corrected chi connectivity index (χ4v) is 1.82. The van der Waals surface area contributed by atoms with Crippen molar-refractivity contribution in [3.8, 4) is 11.5 Å². The van der Waals surface area contributed by atoms with E-state index in [9.17, 15) is 25.0 Å². The summed E-state index contributed by atoms with van der Waals surface area (Å²) in [4.78, 5) is 31.7. The molecule has 0 N–H and O–H groups in total. The number of nitro benzene ring substituents is 2. The van der Waals surface area contributed by atoms with Crippen molar-refractivity contribution >= 4 is 17.2 Å². The minimum absolute atomic E-state index is 0.0724. The van der Waals surface area contributed by atoms with E-state index in [0.29, 0.717) is 0 Å². The molecule has 0 atom stereocenters. The number of fused-ring (bicyclic) bond motifs is 1. The Balaban J connectivity index is 2.85. The van der Waals surface area contributed by atoms with E-state index in [2.05, 4.69) is 0 Å². The molecule has 0 spiro atoms. The molecular formula is C10H8N2O7. The Morgan fingerprint density at radius 3 is 2.37 bits per heavy atom. The van der Waals surface area contributed by atoms with Gasteiger partial charge in [0.2, 0.25) is 5.75 Å². The Hall–Kier alpha value is -2.71. The van der Waals surface area contributed by atoms with E-state index in [0.717, 1.165) is 13.0 Å². The first kappa shape index (κ1) is 12.7. The second-order valence-corrected chi connectivity index (χ2v) is 3.71. The summed E-state index contributed by atoms with van der Waals surface area (Å²) in [6.45, 7) is 1.22. The summed E-state index contributed by atoms with van der Waals surface area (Å²) >= 11 is 0. The Morgan fingerprint density at radius 2 is 1.84 bits per heavy atom. The van der Waals surface area contributed by atoms with E-state index in [4.69, 9.17) is 9.47 Å². The van der Waals surface area contributed by atoms with E-state index in [-0.39, 0.29) is 24.7 Å². The van der Waals surface area contributed by atoms with Gasteiger partial charge in [-0.1, -0.05) is 0 Å².